The molecule has 2 N–H and O–H groups in total. The van der Waals surface area contributed by atoms with Crippen LogP contribution in [0.3, 0.4) is 0 Å². The number of carbonyl (C=O) groups is 2. The Bertz CT molecular complexity index is 864. The number of carboxylic acids is 1. The number of aromatic nitrogens is 2. The van der Waals surface area contributed by atoms with Crippen LogP contribution in [0.25, 0.3) is 5.69 Å². The first-order chi connectivity index (χ1) is 12.7. The number of benzene rings is 1. The zero-order valence-corrected chi connectivity index (χ0v) is 13.7. The van der Waals surface area contributed by atoms with E-state index >= 15 is 0 Å². The lowest BCUT2D eigenvalue weighted by atomic mass is 10.1. The number of nitrogens with zero attached hydrogens (tertiary/aromatic N) is 3. The number of hydrogen-bond acceptors (Lipinski definition) is 3. The molecular weight excluding hydrogens is 372 g/mol. The van der Waals surface area contributed by atoms with Crippen LogP contribution in [0.1, 0.15) is 12.1 Å². The molecule has 7 nitrogen and oxygen atoms in total. The summed E-state index contributed by atoms with van der Waals surface area (Å²) in [5.41, 5.74) is -1.83. The highest BCUT2D eigenvalue weighted by atomic mass is 19.4. The molecule has 2 heterocycles. The van der Waals surface area contributed by atoms with E-state index in [-0.39, 0.29) is 25.2 Å². The second-order valence-corrected chi connectivity index (χ2v) is 5.99. The predicted molar refractivity (Wildman–Crippen MR) is 84.9 cm³/mol. The van der Waals surface area contributed by atoms with Crippen LogP contribution in [-0.2, 0) is 11.0 Å². The standard InChI is InChI=1S/C16H14F4N4O3/c17-10-1-3-11(4-2-10)24-13(16(18,19)20)12(7-21-24)22-15(27)23-6-5-9(8-23)14(25)26/h1-4,7,9H,5-6,8H2,(H,22,27)(H,25,26). The van der Waals surface area contributed by atoms with Crippen LogP contribution in [0.2, 0.25) is 0 Å². The van der Waals surface area contributed by atoms with E-state index in [1.807, 2.05) is 0 Å². The highest BCUT2D eigenvalue weighted by molar-refractivity contribution is 5.90. The molecule has 1 aliphatic rings. The Morgan fingerprint density at radius 2 is 1.89 bits per heavy atom. The monoisotopic (exact) mass is 386 g/mol. The van der Waals surface area contributed by atoms with Gasteiger partial charge in [0.2, 0.25) is 0 Å². The molecule has 0 aliphatic carbocycles. The number of alkyl halides is 3. The first-order valence-electron chi connectivity index (χ1n) is 7.86. The molecule has 3 rings (SSSR count). The van der Waals surface area contributed by atoms with E-state index in [4.69, 9.17) is 5.11 Å². The Morgan fingerprint density at radius 1 is 1.22 bits per heavy atom. The highest BCUT2D eigenvalue weighted by Crippen LogP contribution is 2.36. The van der Waals surface area contributed by atoms with Crippen molar-refractivity contribution < 1.29 is 32.3 Å². The molecule has 1 aliphatic heterocycles. The van der Waals surface area contributed by atoms with Gasteiger partial charge in [-0.3, -0.25) is 4.79 Å². The van der Waals surface area contributed by atoms with Crippen molar-refractivity contribution in [2.24, 2.45) is 5.92 Å². The van der Waals surface area contributed by atoms with Crippen molar-refractivity contribution in [2.75, 3.05) is 18.4 Å². The first-order valence-corrected chi connectivity index (χ1v) is 7.86. The summed E-state index contributed by atoms with van der Waals surface area (Å²) >= 11 is 0. The number of anilines is 1. The number of rotatable bonds is 3. The second kappa shape index (κ2) is 6.89. The summed E-state index contributed by atoms with van der Waals surface area (Å²) < 4.78 is 54.1. The molecule has 0 radical (unpaired) electrons. The molecule has 0 saturated carbocycles. The smallest absolute Gasteiger partial charge is 0.435 e. The Balaban J connectivity index is 1.87. The third kappa shape index (κ3) is 3.86. The lowest BCUT2D eigenvalue weighted by molar-refractivity contribution is -0.142. The third-order valence-corrected chi connectivity index (χ3v) is 4.18. The van der Waals surface area contributed by atoms with Gasteiger partial charge in [-0.15, -0.1) is 0 Å². The molecule has 144 valence electrons. The van der Waals surface area contributed by atoms with Crippen molar-refractivity contribution in [1.29, 1.82) is 0 Å². The molecule has 2 aromatic rings. The van der Waals surface area contributed by atoms with Gasteiger partial charge in [-0.05, 0) is 30.7 Å². The molecule has 1 aromatic carbocycles. The number of halogens is 4. The average molecular weight is 386 g/mol. The van der Waals surface area contributed by atoms with Crippen LogP contribution in [0, 0.1) is 11.7 Å². The normalized spacial score (nSPS) is 17.2. The van der Waals surface area contributed by atoms with Crippen molar-refractivity contribution >= 4 is 17.7 Å². The molecular formula is C16H14F4N4O3. The van der Waals surface area contributed by atoms with Gasteiger partial charge in [0.1, 0.15) is 5.82 Å². The lowest BCUT2D eigenvalue weighted by Crippen LogP contribution is -2.34. The van der Waals surface area contributed by atoms with Gasteiger partial charge in [-0.2, -0.15) is 18.3 Å². The second-order valence-electron chi connectivity index (χ2n) is 5.99. The van der Waals surface area contributed by atoms with Crippen molar-refractivity contribution in [3.05, 3.63) is 42.0 Å². The number of nitrogens with one attached hydrogen (secondary N) is 1. The SMILES string of the molecule is O=C(O)C1CCN(C(=O)Nc2cnn(-c3ccc(F)cc3)c2C(F)(F)F)C1. The van der Waals surface area contributed by atoms with E-state index in [0.29, 0.717) is 4.68 Å². The molecule has 11 heteroatoms. The first kappa shape index (κ1) is 18.7. The number of aliphatic carboxylic acids is 1. The summed E-state index contributed by atoms with van der Waals surface area (Å²) in [6.45, 7) is 0.0326. The van der Waals surface area contributed by atoms with E-state index in [1.165, 1.54) is 0 Å². The Morgan fingerprint density at radius 3 is 2.44 bits per heavy atom. The zero-order chi connectivity index (χ0) is 19.8. The predicted octanol–water partition coefficient (Wildman–Crippen LogP) is 2.97. The summed E-state index contributed by atoms with van der Waals surface area (Å²) in [5, 5.41) is 14.7. The fraction of sp³-hybridized carbons (Fsp3) is 0.312. The molecule has 1 fully saturated rings. The van der Waals surface area contributed by atoms with Gasteiger partial charge in [-0.1, -0.05) is 0 Å². The van der Waals surface area contributed by atoms with Crippen LogP contribution in [0.15, 0.2) is 30.5 Å². The van der Waals surface area contributed by atoms with Gasteiger partial charge in [0.05, 0.1) is 23.5 Å². The van der Waals surface area contributed by atoms with Crippen LogP contribution < -0.4 is 5.32 Å². The minimum atomic E-state index is -4.85. The van der Waals surface area contributed by atoms with Crippen molar-refractivity contribution in [3.8, 4) is 5.69 Å². The number of urea groups is 1. The molecule has 1 atom stereocenters. The number of amides is 2. The molecule has 0 bridgehead atoms. The Labute approximate surface area is 150 Å². The number of carbonyl (C=O) groups excluding carboxylic acids is 1. The number of hydrogen-bond donors (Lipinski definition) is 2. The van der Waals surface area contributed by atoms with Crippen LogP contribution in [-0.4, -0.2) is 44.9 Å². The summed E-state index contributed by atoms with van der Waals surface area (Å²) in [5.74, 6) is -2.43. The molecule has 1 unspecified atom stereocenters. The topological polar surface area (TPSA) is 87.5 Å². The van der Waals surface area contributed by atoms with Gasteiger partial charge in [-0.25, -0.2) is 13.9 Å². The molecule has 1 aromatic heterocycles. The minimum absolute atomic E-state index is 0.0312. The summed E-state index contributed by atoms with van der Waals surface area (Å²) in [6.07, 6.45) is -3.78. The van der Waals surface area contributed by atoms with E-state index < -0.39 is 41.3 Å². The maximum atomic E-state index is 13.5. The van der Waals surface area contributed by atoms with Crippen LogP contribution in [0.5, 0.6) is 0 Å². The molecule has 2 amide bonds. The highest BCUT2D eigenvalue weighted by Gasteiger charge is 2.40. The van der Waals surface area contributed by atoms with Crippen LogP contribution >= 0.6 is 0 Å². The number of likely N-dealkylation sites (tertiary alicyclic amines) is 1. The largest absolute Gasteiger partial charge is 0.481 e. The quantitative estimate of drug-likeness (QED) is 0.794. The molecule has 27 heavy (non-hydrogen) atoms. The fourth-order valence-electron chi connectivity index (χ4n) is 2.83. The summed E-state index contributed by atoms with van der Waals surface area (Å²) in [6, 6.07) is 3.39. The minimum Gasteiger partial charge on any atom is -0.481 e. The van der Waals surface area contributed by atoms with Gasteiger partial charge in [0.15, 0.2) is 5.69 Å². The third-order valence-electron chi connectivity index (χ3n) is 4.18. The molecule has 0 spiro atoms. The Kier molecular flexibility index (Phi) is 4.77. The maximum Gasteiger partial charge on any atom is 0.435 e. The maximum absolute atomic E-state index is 13.5. The van der Waals surface area contributed by atoms with Gasteiger partial charge in [0, 0.05) is 13.1 Å². The van der Waals surface area contributed by atoms with Gasteiger partial charge >= 0.3 is 18.2 Å². The fourth-order valence-corrected chi connectivity index (χ4v) is 2.83. The van der Waals surface area contributed by atoms with Crippen molar-refractivity contribution in [3.63, 3.8) is 0 Å². The van der Waals surface area contributed by atoms with E-state index in [9.17, 15) is 27.2 Å². The summed E-state index contributed by atoms with van der Waals surface area (Å²) in [4.78, 5) is 24.3. The van der Waals surface area contributed by atoms with Crippen LogP contribution in [0.4, 0.5) is 28.0 Å². The zero-order valence-electron chi connectivity index (χ0n) is 13.7. The average Bonchev–Trinajstić information content (AvgIpc) is 3.22. The summed E-state index contributed by atoms with van der Waals surface area (Å²) in [7, 11) is 0. The van der Waals surface area contributed by atoms with Gasteiger partial charge < -0.3 is 15.3 Å². The van der Waals surface area contributed by atoms with E-state index in [1.54, 1.807) is 0 Å². The Hall–Kier alpha value is -3.11. The van der Waals surface area contributed by atoms with Crippen molar-refractivity contribution in [2.45, 2.75) is 12.6 Å². The molecule has 1 saturated heterocycles. The van der Waals surface area contributed by atoms with Gasteiger partial charge in [0.25, 0.3) is 0 Å². The number of carboxylic acid groups (broad SMARTS) is 1. The lowest BCUT2D eigenvalue weighted by Gasteiger charge is -2.18. The van der Waals surface area contributed by atoms with Crippen molar-refractivity contribution in [1.82, 2.24) is 14.7 Å². The van der Waals surface area contributed by atoms with E-state index in [0.717, 1.165) is 35.4 Å². The van der Waals surface area contributed by atoms with E-state index in [2.05, 4.69) is 10.4 Å².